The molecule has 0 fully saturated rings. The first-order chi connectivity index (χ1) is 23.4. The lowest BCUT2D eigenvalue weighted by Crippen LogP contribution is -2.42. The van der Waals surface area contributed by atoms with E-state index in [1.54, 1.807) is 55.1 Å². The summed E-state index contributed by atoms with van der Waals surface area (Å²) < 4.78 is 46.0. The Labute approximate surface area is 286 Å². The maximum Gasteiger partial charge on any atom is 0.500 e. The molecule has 3 heterocycles. The predicted molar refractivity (Wildman–Crippen MR) is 189 cm³/mol. The molecular formula is C35H47N3O8Si2. The van der Waals surface area contributed by atoms with Gasteiger partial charge in [0.25, 0.3) is 0 Å². The highest BCUT2D eigenvalue weighted by Gasteiger charge is 2.37. The molecule has 0 saturated carbocycles. The summed E-state index contributed by atoms with van der Waals surface area (Å²) in [5, 5.41) is 0. The third-order valence-electron chi connectivity index (χ3n) is 8.05. The molecule has 0 radical (unpaired) electrons. The van der Waals surface area contributed by atoms with Gasteiger partial charge in [-0.3, -0.25) is 9.97 Å². The molecule has 258 valence electrons. The van der Waals surface area contributed by atoms with Crippen LogP contribution in [0.15, 0.2) is 79.1 Å². The molecule has 48 heavy (non-hydrogen) atoms. The van der Waals surface area contributed by atoms with Gasteiger partial charge in [-0.25, -0.2) is 4.98 Å². The van der Waals surface area contributed by atoms with Crippen molar-refractivity contribution in [3.05, 3.63) is 79.1 Å². The minimum Gasteiger partial charge on any atom is -0.493 e. The van der Waals surface area contributed by atoms with Crippen molar-refractivity contribution in [1.29, 1.82) is 0 Å². The van der Waals surface area contributed by atoms with E-state index in [1.807, 2.05) is 66.7 Å². The van der Waals surface area contributed by atoms with E-state index in [0.29, 0.717) is 36.8 Å². The van der Waals surface area contributed by atoms with Crippen molar-refractivity contribution in [3.63, 3.8) is 0 Å². The van der Waals surface area contributed by atoms with Gasteiger partial charge in [0.05, 0.1) is 36.0 Å². The lowest BCUT2D eigenvalue weighted by atomic mass is 10.0. The minimum atomic E-state index is -2.63. The molecule has 0 amide bonds. The van der Waals surface area contributed by atoms with Crippen LogP contribution in [0.4, 0.5) is 0 Å². The third kappa shape index (κ3) is 10.2. The van der Waals surface area contributed by atoms with Crippen molar-refractivity contribution in [2.45, 2.75) is 37.8 Å². The number of hydrogen-bond donors (Lipinski definition) is 0. The lowest BCUT2D eigenvalue weighted by molar-refractivity contribution is 0.121. The molecule has 11 nitrogen and oxygen atoms in total. The highest BCUT2D eigenvalue weighted by Crippen LogP contribution is 2.34. The standard InChI is InChI=1S/C35H47N3O8Si2/c1-39-47(40-2,41-3)21-13-11-19-45-30-23-28(24-31(27-30)46-20-12-14-22-48(42-4,43-5)44-6)29-25-34(32-15-7-9-17-36-32)38-35(26-29)33-16-8-10-18-37-33/h7-10,15-18,23-27H,11-14,19-22H2,1-6H3. The van der Waals surface area contributed by atoms with Gasteiger partial charge in [-0.2, -0.15) is 0 Å². The minimum absolute atomic E-state index is 0.511. The van der Waals surface area contributed by atoms with Gasteiger partial charge < -0.3 is 36.0 Å². The summed E-state index contributed by atoms with van der Waals surface area (Å²) in [7, 11) is 4.52. The average Bonchev–Trinajstić information content (AvgIpc) is 3.15. The quantitative estimate of drug-likeness (QED) is 0.0668. The van der Waals surface area contributed by atoms with E-state index in [-0.39, 0.29) is 0 Å². The first-order valence-electron chi connectivity index (χ1n) is 16.0. The Bertz CT molecular complexity index is 1400. The number of rotatable bonds is 21. The van der Waals surface area contributed by atoms with Gasteiger partial charge in [-0.05, 0) is 85.3 Å². The van der Waals surface area contributed by atoms with Crippen molar-refractivity contribution >= 4 is 17.6 Å². The Morgan fingerprint density at radius 1 is 0.479 bits per heavy atom. The van der Waals surface area contributed by atoms with E-state index in [9.17, 15) is 0 Å². The molecule has 0 aliphatic rings. The zero-order valence-corrected chi connectivity index (χ0v) is 30.8. The second-order valence-corrected chi connectivity index (χ2v) is 17.1. The van der Waals surface area contributed by atoms with E-state index in [2.05, 4.69) is 9.97 Å². The average molecular weight is 694 g/mol. The van der Waals surface area contributed by atoms with Gasteiger partial charge in [-0.1, -0.05) is 12.1 Å². The van der Waals surface area contributed by atoms with Gasteiger partial charge in [-0.15, -0.1) is 0 Å². The summed E-state index contributed by atoms with van der Waals surface area (Å²) in [4.78, 5) is 14.0. The van der Waals surface area contributed by atoms with Gasteiger partial charge in [0, 0.05) is 73.2 Å². The number of benzene rings is 1. The van der Waals surface area contributed by atoms with Crippen LogP contribution in [-0.4, -0.2) is 88.4 Å². The molecule has 0 N–H and O–H groups in total. The van der Waals surface area contributed by atoms with E-state index in [1.165, 1.54) is 0 Å². The highest BCUT2D eigenvalue weighted by molar-refractivity contribution is 6.60. The summed E-state index contributed by atoms with van der Waals surface area (Å²) >= 11 is 0. The number of nitrogens with zero attached hydrogens (tertiary/aromatic N) is 3. The number of hydrogen-bond acceptors (Lipinski definition) is 11. The Morgan fingerprint density at radius 2 is 0.896 bits per heavy atom. The number of aromatic nitrogens is 3. The molecule has 0 aliphatic heterocycles. The molecule has 3 aromatic heterocycles. The van der Waals surface area contributed by atoms with Gasteiger partial charge in [0.15, 0.2) is 0 Å². The number of ether oxygens (including phenoxy) is 2. The van der Waals surface area contributed by atoms with Crippen LogP contribution in [0.25, 0.3) is 33.9 Å². The van der Waals surface area contributed by atoms with Gasteiger partial charge in [0.1, 0.15) is 11.5 Å². The smallest absolute Gasteiger partial charge is 0.493 e. The molecule has 4 aromatic rings. The zero-order chi connectivity index (χ0) is 34.2. The fraction of sp³-hybridized carbons (Fsp3) is 0.400. The SMILES string of the molecule is CO[Si](CCCCOc1cc(OCCCC[Si](OC)(OC)OC)cc(-c2cc(-c3ccccn3)nc(-c3ccccn3)c2)c1)(OC)OC. The molecule has 0 aliphatic carbocycles. The van der Waals surface area contributed by atoms with Crippen LogP contribution in [0.1, 0.15) is 25.7 Å². The van der Waals surface area contributed by atoms with Gasteiger partial charge in [0.2, 0.25) is 0 Å². The number of unbranched alkanes of at least 4 members (excludes halogenated alkanes) is 2. The van der Waals surface area contributed by atoms with Gasteiger partial charge >= 0.3 is 17.6 Å². The van der Waals surface area contributed by atoms with Crippen LogP contribution in [0.5, 0.6) is 11.5 Å². The van der Waals surface area contributed by atoms with Crippen molar-refractivity contribution in [2.75, 3.05) is 55.9 Å². The van der Waals surface area contributed by atoms with Crippen LogP contribution in [0, 0.1) is 0 Å². The molecule has 0 unspecified atom stereocenters. The van der Waals surface area contributed by atoms with Crippen LogP contribution in [0.2, 0.25) is 12.1 Å². The molecule has 0 bridgehead atoms. The van der Waals surface area contributed by atoms with Crippen molar-refractivity contribution < 1.29 is 36.0 Å². The first kappa shape index (κ1) is 37.3. The summed E-state index contributed by atoms with van der Waals surface area (Å²) in [6.07, 6.45) is 6.82. The van der Waals surface area contributed by atoms with E-state index >= 15 is 0 Å². The Morgan fingerprint density at radius 3 is 1.27 bits per heavy atom. The lowest BCUT2D eigenvalue weighted by Gasteiger charge is -2.24. The molecule has 0 spiro atoms. The van der Waals surface area contributed by atoms with Crippen LogP contribution in [-0.2, 0) is 26.6 Å². The normalized spacial score (nSPS) is 11.9. The van der Waals surface area contributed by atoms with E-state index in [4.69, 9.17) is 41.0 Å². The fourth-order valence-corrected chi connectivity index (χ4v) is 8.86. The van der Waals surface area contributed by atoms with Crippen molar-refractivity contribution in [1.82, 2.24) is 15.0 Å². The zero-order valence-electron chi connectivity index (χ0n) is 28.8. The fourth-order valence-electron chi connectivity index (χ4n) is 5.27. The van der Waals surface area contributed by atoms with Crippen LogP contribution in [0.3, 0.4) is 0 Å². The highest BCUT2D eigenvalue weighted by atomic mass is 28.4. The van der Waals surface area contributed by atoms with Crippen LogP contribution < -0.4 is 9.47 Å². The van der Waals surface area contributed by atoms with Crippen molar-refractivity contribution in [2.24, 2.45) is 0 Å². The Hall–Kier alpha value is -3.54. The molecule has 0 saturated heterocycles. The summed E-state index contributed by atoms with van der Waals surface area (Å²) in [5.74, 6) is 1.41. The first-order valence-corrected chi connectivity index (χ1v) is 19.9. The summed E-state index contributed by atoms with van der Waals surface area (Å²) in [6.45, 7) is 1.02. The topological polar surface area (TPSA) is 113 Å². The Balaban J connectivity index is 1.59. The molecule has 0 atom stereocenters. The largest absolute Gasteiger partial charge is 0.500 e. The molecule has 13 heteroatoms. The maximum atomic E-state index is 6.30. The van der Waals surface area contributed by atoms with Crippen molar-refractivity contribution in [3.8, 4) is 45.4 Å². The molecule has 1 aromatic carbocycles. The third-order valence-corrected chi connectivity index (χ3v) is 13.7. The second-order valence-electron chi connectivity index (χ2n) is 11.0. The Kier molecular flexibility index (Phi) is 14.6. The van der Waals surface area contributed by atoms with E-state index in [0.717, 1.165) is 59.6 Å². The molecule has 4 rings (SSSR count). The monoisotopic (exact) mass is 693 g/mol. The van der Waals surface area contributed by atoms with E-state index < -0.39 is 17.6 Å². The summed E-state index contributed by atoms with van der Waals surface area (Å²) in [5.41, 5.74) is 4.89. The number of pyridine rings is 3. The van der Waals surface area contributed by atoms with Crippen LogP contribution >= 0.6 is 0 Å². The second kappa shape index (κ2) is 18.9. The predicted octanol–water partition coefficient (Wildman–Crippen LogP) is 6.95. The maximum absolute atomic E-state index is 6.30. The summed E-state index contributed by atoms with van der Waals surface area (Å²) in [6, 6.07) is 23.1. The molecular weight excluding hydrogens is 647 g/mol.